The highest BCUT2D eigenvalue weighted by molar-refractivity contribution is 5.97. The normalized spacial score (nSPS) is 18.4. The summed E-state index contributed by atoms with van der Waals surface area (Å²) in [5.41, 5.74) is 1.92. The molecule has 0 spiro atoms. The van der Waals surface area contributed by atoms with Crippen molar-refractivity contribution in [1.29, 1.82) is 0 Å². The Morgan fingerprint density at radius 3 is 2.24 bits per heavy atom. The number of phenolic OH excluding ortho intramolecular Hbond substituents is 2. The third kappa shape index (κ3) is 2.63. The van der Waals surface area contributed by atoms with E-state index in [1.165, 1.54) is 27.2 Å². The summed E-state index contributed by atoms with van der Waals surface area (Å²) in [7, 11) is 2.90. The van der Waals surface area contributed by atoms with Crippen molar-refractivity contribution in [3.8, 4) is 28.7 Å². The summed E-state index contributed by atoms with van der Waals surface area (Å²) in [5, 5.41) is 20.2. The minimum Gasteiger partial charge on any atom is -0.504 e. The zero-order valence-corrected chi connectivity index (χ0v) is 14.5. The quantitative estimate of drug-likeness (QED) is 0.825. The van der Waals surface area contributed by atoms with E-state index in [0.29, 0.717) is 22.4 Å². The van der Waals surface area contributed by atoms with Gasteiger partial charge >= 0.3 is 0 Å². The fourth-order valence-corrected chi connectivity index (χ4v) is 3.29. The Bertz CT molecular complexity index is 817. The Balaban J connectivity index is 2.11. The number of ketones is 1. The van der Waals surface area contributed by atoms with Gasteiger partial charge in [0.15, 0.2) is 28.8 Å². The predicted octanol–water partition coefficient (Wildman–Crippen LogP) is 3.55. The molecular weight excluding hydrogens is 324 g/mol. The Morgan fingerprint density at radius 1 is 1.12 bits per heavy atom. The maximum Gasteiger partial charge on any atom is 0.200 e. The van der Waals surface area contributed by atoms with Gasteiger partial charge in [-0.1, -0.05) is 6.92 Å². The van der Waals surface area contributed by atoms with Crippen LogP contribution >= 0.6 is 0 Å². The van der Waals surface area contributed by atoms with Crippen molar-refractivity contribution in [2.45, 2.75) is 25.9 Å². The van der Waals surface area contributed by atoms with Crippen LogP contribution in [-0.4, -0.2) is 30.2 Å². The number of Topliss-reactive ketones (excluding diaryl/α,β-unsaturated/α-hetero) is 1. The predicted molar refractivity (Wildman–Crippen MR) is 91.1 cm³/mol. The summed E-state index contributed by atoms with van der Waals surface area (Å²) in [5.74, 6) is 0.467. The van der Waals surface area contributed by atoms with Gasteiger partial charge in [-0.3, -0.25) is 4.79 Å². The van der Waals surface area contributed by atoms with Gasteiger partial charge < -0.3 is 24.4 Å². The highest BCUT2D eigenvalue weighted by Crippen LogP contribution is 2.52. The van der Waals surface area contributed by atoms with Gasteiger partial charge in [-0.05, 0) is 31.2 Å². The lowest BCUT2D eigenvalue weighted by atomic mass is 9.88. The Morgan fingerprint density at radius 2 is 1.72 bits per heavy atom. The molecule has 132 valence electrons. The van der Waals surface area contributed by atoms with Crippen LogP contribution in [0.4, 0.5) is 0 Å². The first-order valence-electron chi connectivity index (χ1n) is 7.87. The number of phenols is 2. The van der Waals surface area contributed by atoms with Crippen molar-refractivity contribution in [1.82, 2.24) is 0 Å². The number of methoxy groups -OCH3 is 2. The molecule has 6 nitrogen and oxygen atoms in total. The number of hydrogen-bond donors (Lipinski definition) is 2. The third-order valence-corrected chi connectivity index (χ3v) is 4.54. The average molecular weight is 344 g/mol. The minimum absolute atomic E-state index is 0.00735. The molecule has 1 aliphatic heterocycles. The van der Waals surface area contributed by atoms with Crippen LogP contribution in [0.3, 0.4) is 0 Å². The van der Waals surface area contributed by atoms with Crippen LogP contribution in [0.1, 0.15) is 47.4 Å². The molecule has 0 amide bonds. The number of rotatable bonds is 4. The van der Waals surface area contributed by atoms with Crippen LogP contribution in [0.2, 0.25) is 0 Å². The molecule has 0 fully saturated rings. The molecule has 1 heterocycles. The molecule has 6 heteroatoms. The molecule has 1 aliphatic rings. The number of aromatic hydroxyl groups is 2. The lowest BCUT2D eigenvalue weighted by Crippen LogP contribution is -2.09. The molecule has 2 N–H and O–H groups in total. The van der Waals surface area contributed by atoms with Crippen LogP contribution in [0.25, 0.3) is 0 Å². The molecule has 0 aromatic heterocycles. The SMILES string of the molecule is COc1cc([C@@H]2Oc3c(O)ccc(C(C)=O)c3[C@H]2C)cc(OC)c1O. The van der Waals surface area contributed by atoms with Crippen molar-refractivity contribution in [3.63, 3.8) is 0 Å². The Hall–Kier alpha value is -2.89. The highest BCUT2D eigenvalue weighted by Gasteiger charge is 2.37. The molecule has 0 aliphatic carbocycles. The number of ether oxygens (including phenoxy) is 3. The van der Waals surface area contributed by atoms with Crippen molar-refractivity contribution < 1.29 is 29.2 Å². The number of hydrogen-bond acceptors (Lipinski definition) is 6. The maximum absolute atomic E-state index is 11.9. The standard InChI is InChI=1S/C19H20O6/c1-9-16-12(10(2)20)5-6-13(21)19(16)25-18(9)11-7-14(23-3)17(22)15(8-11)24-4/h5-9,18,21-22H,1-4H3/t9-,18-/m1/s1. The molecule has 2 atom stereocenters. The molecule has 0 saturated carbocycles. The molecule has 0 bridgehead atoms. The maximum atomic E-state index is 11.9. The van der Waals surface area contributed by atoms with Gasteiger partial charge in [0, 0.05) is 22.6 Å². The van der Waals surface area contributed by atoms with Crippen molar-refractivity contribution in [2.75, 3.05) is 14.2 Å². The summed E-state index contributed by atoms with van der Waals surface area (Å²) >= 11 is 0. The summed E-state index contributed by atoms with van der Waals surface area (Å²) in [6.45, 7) is 3.41. The molecule has 2 aromatic rings. The molecule has 0 unspecified atom stereocenters. The number of carbonyl (C=O) groups is 1. The summed E-state index contributed by atoms with van der Waals surface area (Å²) in [6, 6.07) is 6.39. The van der Waals surface area contributed by atoms with E-state index in [4.69, 9.17) is 14.2 Å². The summed E-state index contributed by atoms with van der Waals surface area (Å²) in [6.07, 6.45) is -0.454. The zero-order valence-electron chi connectivity index (χ0n) is 14.5. The van der Waals surface area contributed by atoms with Crippen molar-refractivity contribution in [3.05, 3.63) is 41.0 Å². The van der Waals surface area contributed by atoms with Gasteiger partial charge in [-0.15, -0.1) is 0 Å². The summed E-state index contributed by atoms with van der Waals surface area (Å²) < 4.78 is 16.4. The molecule has 3 rings (SSSR count). The lowest BCUT2D eigenvalue weighted by Gasteiger charge is -2.19. The fraction of sp³-hybridized carbons (Fsp3) is 0.316. The molecule has 25 heavy (non-hydrogen) atoms. The topological polar surface area (TPSA) is 85.2 Å². The molecular formula is C19H20O6. The first kappa shape index (κ1) is 17.0. The number of carbonyl (C=O) groups excluding carboxylic acids is 1. The van der Waals surface area contributed by atoms with E-state index in [9.17, 15) is 15.0 Å². The largest absolute Gasteiger partial charge is 0.504 e. The van der Waals surface area contributed by atoms with E-state index in [1.54, 1.807) is 18.2 Å². The number of benzene rings is 2. The third-order valence-electron chi connectivity index (χ3n) is 4.54. The van der Waals surface area contributed by atoms with Gasteiger partial charge in [-0.25, -0.2) is 0 Å². The zero-order chi connectivity index (χ0) is 18.3. The van der Waals surface area contributed by atoms with E-state index in [-0.39, 0.29) is 34.7 Å². The van der Waals surface area contributed by atoms with Crippen molar-refractivity contribution in [2.24, 2.45) is 0 Å². The highest BCUT2D eigenvalue weighted by atomic mass is 16.5. The van der Waals surface area contributed by atoms with Crippen molar-refractivity contribution >= 4 is 5.78 Å². The van der Waals surface area contributed by atoms with Gasteiger partial charge in [0.1, 0.15) is 6.10 Å². The van der Waals surface area contributed by atoms with Crippen LogP contribution in [0.15, 0.2) is 24.3 Å². The average Bonchev–Trinajstić information content (AvgIpc) is 2.94. The van der Waals surface area contributed by atoms with Crippen LogP contribution < -0.4 is 14.2 Å². The lowest BCUT2D eigenvalue weighted by molar-refractivity contribution is 0.101. The monoisotopic (exact) mass is 344 g/mol. The van der Waals surface area contributed by atoms with E-state index in [1.807, 2.05) is 6.92 Å². The van der Waals surface area contributed by atoms with Gasteiger partial charge in [0.05, 0.1) is 14.2 Å². The van der Waals surface area contributed by atoms with Crippen LogP contribution in [-0.2, 0) is 0 Å². The Kier molecular flexibility index (Phi) is 4.20. The minimum atomic E-state index is -0.454. The second-order valence-electron chi connectivity index (χ2n) is 6.03. The van der Waals surface area contributed by atoms with Gasteiger partial charge in [0.25, 0.3) is 0 Å². The molecule has 2 aromatic carbocycles. The Labute approximate surface area is 145 Å². The summed E-state index contributed by atoms with van der Waals surface area (Å²) in [4.78, 5) is 11.9. The first-order chi connectivity index (χ1) is 11.9. The second kappa shape index (κ2) is 6.20. The van der Waals surface area contributed by atoms with Crippen LogP contribution in [0, 0.1) is 0 Å². The van der Waals surface area contributed by atoms with Gasteiger partial charge in [-0.2, -0.15) is 0 Å². The van der Waals surface area contributed by atoms with E-state index in [0.717, 1.165) is 0 Å². The van der Waals surface area contributed by atoms with E-state index >= 15 is 0 Å². The molecule has 0 radical (unpaired) electrons. The number of fused-ring (bicyclic) bond motifs is 1. The van der Waals surface area contributed by atoms with Gasteiger partial charge in [0.2, 0.25) is 5.75 Å². The molecule has 0 saturated heterocycles. The smallest absolute Gasteiger partial charge is 0.200 e. The fourth-order valence-electron chi connectivity index (χ4n) is 3.29. The van der Waals surface area contributed by atoms with E-state index in [2.05, 4.69) is 0 Å². The second-order valence-corrected chi connectivity index (χ2v) is 6.03. The van der Waals surface area contributed by atoms with Crippen LogP contribution in [0.5, 0.6) is 28.7 Å². The first-order valence-corrected chi connectivity index (χ1v) is 7.87. The van der Waals surface area contributed by atoms with E-state index < -0.39 is 6.10 Å².